The number of nitrogens with zero attached hydrogens (tertiary/aromatic N) is 2. The summed E-state index contributed by atoms with van der Waals surface area (Å²) in [6, 6.07) is 26.4. The van der Waals surface area contributed by atoms with Gasteiger partial charge in [0.2, 0.25) is 0 Å². The number of fused-ring (bicyclic) bond motifs is 2. The third kappa shape index (κ3) is 6.49. The molecule has 0 bridgehead atoms. The molecule has 0 aliphatic carbocycles. The second-order valence-electron chi connectivity index (χ2n) is 11.0. The Labute approximate surface area is 281 Å². The minimum absolute atomic E-state index is 0.0481. The van der Waals surface area contributed by atoms with Crippen molar-refractivity contribution < 1.29 is 28.5 Å². The highest BCUT2D eigenvalue weighted by molar-refractivity contribution is 7.07. The van der Waals surface area contributed by atoms with Crippen LogP contribution in [0.2, 0.25) is 0 Å². The fourth-order valence-electron chi connectivity index (χ4n) is 5.80. The number of rotatable bonds is 12. The Kier molecular flexibility index (Phi) is 10.0. The lowest BCUT2D eigenvalue weighted by molar-refractivity contribution is -0.140. The van der Waals surface area contributed by atoms with Crippen LogP contribution < -0.4 is 29.1 Å². The predicted octanol–water partition coefficient (Wildman–Crippen LogP) is 5.56. The van der Waals surface area contributed by atoms with Crippen LogP contribution in [0.5, 0.6) is 17.2 Å². The highest BCUT2D eigenvalue weighted by Gasteiger charge is 2.36. The van der Waals surface area contributed by atoms with Crippen molar-refractivity contribution in [1.29, 1.82) is 0 Å². The maximum absolute atomic E-state index is 14.6. The number of hydrogen-bond acceptors (Lipinski definition) is 9. The van der Waals surface area contributed by atoms with Crippen LogP contribution >= 0.6 is 11.3 Å². The van der Waals surface area contributed by atoms with E-state index < -0.39 is 12.0 Å². The summed E-state index contributed by atoms with van der Waals surface area (Å²) in [5.41, 5.74) is 2.74. The van der Waals surface area contributed by atoms with Gasteiger partial charge in [0.25, 0.3) is 5.56 Å². The number of aromatic nitrogens is 1. The summed E-state index contributed by atoms with van der Waals surface area (Å²) in [7, 11) is 3.08. The number of para-hydroxylation sites is 1. The summed E-state index contributed by atoms with van der Waals surface area (Å²) >= 11 is 1.25. The molecule has 6 rings (SSSR count). The summed E-state index contributed by atoms with van der Waals surface area (Å²) in [4.78, 5) is 33.5. The molecule has 0 saturated heterocycles. The van der Waals surface area contributed by atoms with Crippen LogP contribution in [0.1, 0.15) is 36.6 Å². The average Bonchev–Trinajstić information content (AvgIpc) is 3.41. The van der Waals surface area contributed by atoms with Gasteiger partial charge in [0.1, 0.15) is 25.0 Å². The quantitative estimate of drug-likeness (QED) is 0.127. The van der Waals surface area contributed by atoms with Crippen molar-refractivity contribution in [3.8, 4) is 17.2 Å². The maximum Gasteiger partial charge on any atom is 0.338 e. The van der Waals surface area contributed by atoms with E-state index >= 15 is 0 Å². The highest BCUT2D eigenvalue weighted by Crippen LogP contribution is 2.41. The largest absolute Gasteiger partial charge is 0.493 e. The molecule has 10 heteroatoms. The minimum Gasteiger partial charge on any atom is -0.493 e. The molecule has 1 aromatic heterocycles. The molecule has 2 heterocycles. The number of allylic oxidation sites excluding steroid dienone is 1. The van der Waals surface area contributed by atoms with Crippen LogP contribution in [0.3, 0.4) is 0 Å². The Morgan fingerprint density at radius 3 is 2.48 bits per heavy atom. The van der Waals surface area contributed by atoms with Crippen LogP contribution in [0, 0.1) is 0 Å². The first-order chi connectivity index (χ1) is 23.4. The van der Waals surface area contributed by atoms with Crippen LogP contribution in [-0.4, -0.2) is 44.6 Å². The summed E-state index contributed by atoms with van der Waals surface area (Å²) < 4.78 is 30.7. The predicted molar refractivity (Wildman–Crippen MR) is 185 cm³/mol. The van der Waals surface area contributed by atoms with Gasteiger partial charge in [-0.3, -0.25) is 9.36 Å². The van der Waals surface area contributed by atoms with Crippen molar-refractivity contribution in [3.05, 3.63) is 133 Å². The lowest BCUT2D eigenvalue weighted by Crippen LogP contribution is -2.40. The number of benzene rings is 4. The van der Waals surface area contributed by atoms with Crippen molar-refractivity contribution >= 4 is 34.2 Å². The summed E-state index contributed by atoms with van der Waals surface area (Å²) in [5, 5.41) is 1.95. The Morgan fingerprint density at radius 1 is 0.917 bits per heavy atom. The van der Waals surface area contributed by atoms with E-state index in [0.717, 1.165) is 21.9 Å². The highest BCUT2D eigenvalue weighted by atomic mass is 32.1. The van der Waals surface area contributed by atoms with E-state index in [1.54, 1.807) is 24.7 Å². The molecule has 0 saturated carbocycles. The standard InChI is InChI=1S/C38H36N2O7S/c1-5-45-35-28(16-11-17-31(35)44-4)34-33(37(42)46-21-20-43-3)24(2)39-38-40(34)36(41)32(48-38)22-29-27-15-10-9-14-26(27)18-19-30(29)47-23-25-12-7-6-8-13-25/h6-19,22,34H,5,20-21,23H2,1-4H3/b32-22+/t34-/m0/s1. The van der Waals surface area contributed by atoms with Gasteiger partial charge < -0.3 is 23.7 Å². The van der Waals surface area contributed by atoms with Crippen molar-refractivity contribution in [2.45, 2.75) is 26.5 Å². The molecule has 0 fully saturated rings. The van der Waals surface area contributed by atoms with E-state index in [4.69, 9.17) is 28.7 Å². The number of ether oxygens (including phenoxy) is 5. The third-order valence-corrected chi connectivity index (χ3v) is 9.00. The molecule has 5 aromatic rings. The normalized spacial score (nSPS) is 14.4. The van der Waals surface area contributed by atoms with E-state index in [-0.39, 0.29) is 24.3 Å². The van der Waals surface area contributed by atoms with Crippen LogP contribution in [0.15, 0.2) is 106 Å². The molecule has 0 N–H and O–H groups in total. The molecular weight excluding hydrogens is 628 g/mol. The van der Waals surface area contributed by atoms with Crippen molar-refractivity contribution in [1.82, 2.24) is 4.57 Å². The number of carbonyl (C=O) groups excluding carboxylic acids is 1. The van der Waals surface area contributed by atoms with E-state index in [9.17, 15) is 9.59 Å². The fraction of sp³-hybridized carbons (Fsp3) is 0.237. The SMILES string of the molecule is CCOc1c(OC)cccc1[C@H]1C(C(=O)OCCOC)=C(C)N=c2s/c(=C/c3c(OCc4ccccc4)ccc4ccccc34)c(=O)n21. The fourth-order valence-corrected chi connectivity index (χ4v) is 6.83. The van der Waals surface area contributed by atoms with Crippen LogP contribution in [0.4, 0.5) is 0 Å². The Balaban J connectivity index is 1.55. The zero-order chi connectivity index (χ0) is 33.6. The first-order valence-electron chi connectivity index (χ1n) is 15.6. The number of hydrogen-bond donors (Lipinski definition) is 0. The monoisotopic (exact) mass is 664 g/mol. The van der Waals surface area contributed by atoms with Crippen molar-refractivity contribution in [2.75, 3.05) is 34.0 Å². The van der Waals surface area contributed by atoms with Gasteiger partial charge >= 0.3 is 5.97 Å². The van der Waals surface area contributed by atoms with Gasteiger partial charge in [-0.25, -0.2) is 9.79 Å². The zero-order valence-corrected chi connectivity index (χ0v) is 28.0. The lowest BCUT2D eigenvalue weighted by Gasteiger charge is -2.27. The first-order valence-corrected chi connectivity index (χ1v) is 16.4. The summed E-state index contributed by atoms with van der Waals surface area (Å²) in [6.07, 6.45) is 1.86. The van der Waals surface area contributed by atoms with E-state index in [1.165, 1.54) is 18.4 Å². The molecular formula is C38H36N2O7S. The topological polar surface area (TPSA) is 97.6 Å². The molecule has 0 amide bonds. The van der Waals surface area contributed by atoms with Gasteiger partial charge in [0.05, 0.1) is 36.1 Å². The molecule has 246 valence electrons. The van der Waals surface area contributed by atoms with Gasteiger partial charge in [-0.2, -0.15) is 0 Å². The van der Waals surface area contributed by atoms with Gasteiger partial charge in [-0.05, 0) is 48.4 Å². The van der Waals surface area contributed by atoms with Gasteiger partial charge in [0, 0.05) is 18.2 Å². The minimum atomic E-state index is -0.892. The second kappa shape index (κ2) is 14.7. The van der Waals surface area contributed by atoms with Gasteiger partial charge in [-0.1, -0.05) is 84.1 Å². The van der Waals surface area contributed by atoms with Crippen LogP contribution in [0.25, 0.3) is 16.8 Å². The number of esters is 1. The molecule has 1 aliphatic rings. The Hall–Kier alpha value is -5.19. The second-order valence-corrected chi connectivity index (χ2v) is 12.0. The van der Waals surface area contributed by atoms with Gasteiger partial charge in [0.15, 0.2) is 16.3 Å². The molecule has 4 aromatic carbocycles. The maximum atomic E-state index is 14.6. The molecule has 0 spiro atoms. The molecule has 1 aliphatic heterocycles. The summed E-state index contributed by atoms with van der Waals surface area (Å²) in [5.74, 6) is 0.965. The van der Waals surface area contributed by atoms with E-state index in [2.05, 4.69) is 0 Å². The first kappa shape index (κ1) is 32.7. The average molecular weight is 665 g/mol. The molecule has 0 radical (unpaired) electrons. The third-order valence-electron chi connectivity index (χ3n) is 8.02. The molecule has 1 atom stereocenters. The Bertz CT molecular complexity index is 2170. The smallest absolute Gasteiger partial charge is 0.338 e. The van der Waals surface area contributed by atoms with E-state index in [0.29, 0.717) is 51.1 Å². The lowest BCUT2D eigenvalue weighted by atomic mass is 9.94. The molecule has 48 heavy (non-hydrogen) atoms. The van der Waals surface area contributed by atoms with Crippen molar-refractivity contribution in [2.24, 2.45) is 4.99 Å². The van der Waals surface area contributed by atoms with Crippen molar-refractivity contribution in [3.63, 3.8) is 0 Å². The number of thiazole rings is 1. The Morgan fingerprint density at radius 2 is 1.71 bits per heavy atom. The zero-order valence-electron chi connectivity index (χ0n) is 27.2. The molecule has 0 unspecified atom stereocenters. The van der Waals surface area contributed by atoms with Crippen LogP contribution in [-0.2, 0) is 20.9 Å². The van der Waals surface area contributed by atoms with E-state index in [1.807, 2.05) is 91.9 Å². The summed E-state index contributed by atoms with van der Waals surface area (Å²) in [6.45, 7) is 4.60. The number of methoxy groups -OCH3 is 2. The molecule has 9 nitrogen and oxygen atoms in total. The number of carbonyl (C=O) groups is 1. The van der Waals surface area contributed by atoms with Gasteiger partial charge in [-0.15, -0.1) is 0 Å².